The third kappa shape index (κ3) is 3.27. The molecule has 1 fully saturated rings. The smallest absolute Gasteiger partial charge is 0.124 e. The molecule has 1 aromatic rings. The predicted octanol–water partition coefficient (Wildman–Crippen LogP) is 2.04. The fourth-order valence-electron chi connectivity index (χ4n) is 1.94. The second-order valence-corrected chi connectivity index (χ2v) is 4.93. The molecule has 16 heavy (non-hydrogen) atoms. The molecule has 2 nitrogen and oxygen atoms in total. The Labute approximate surface area is 104 Å². The van der Waals surface area contributed by atoms with Gasteiger partial charge in [0.15, 0.2) is 0 Å². The van der Waals surface area contributed by atoms with Crippen molar-refractivity contribution in [1.29, 1.82) is 0 Å². The van der Waals surface area contributed by atoms with Gasteiger partial charge in [-0.2, -0.15) is 0 Å². The highest BCUT2D eigenvalue weighted by atomic mass is 79.9. The van der Waals surface area contributed by atoms with Gasteiger partial charge >= 0.3 is 0 Å². The summed E-state index contributed by atoms with van der Waals surface area (Å²) in [6.45, 7) is 5.42. The topological polar surface area (TPSA) is 15.3 Å². The van der Waals surface area contributed by atoms with E-state index < -0.39 is 0 Å². The fourth-order valence-corrected chi connectivity index (χ4v) is 2.49. The maximum atomic E-state index is 12.9. The Morgan fingerprint density at radius 2 is 2.06 bits per heavy atom. The van der Waals surface area contributed by atoms with Gasteiger partial charge in [0.25, 0.3) is 0 Å². The molecule has 0 radical (unpaired) electrons. The van der Waals surface area contributed by atoms with Crippen LogP contribution in [0.1, 0.15) is 5.56 Å². The van der Waals surface area contributed by atoms with Crippen molar-refractivity contribution in [3.8, 4) is 0 Å². The van der Waals surface area contributed by atoms with Crippen LogP contribution < -0.4 is 5.32 Å². The first-order valence-corrected chi connectivity index (χ1v) is 6.42. The summed E-state index contributed by atoms with van der Waals surface area (Å²) >= 11 is 3.40. The summed E-state index contributed by atoms with van der Waals surface area (Å²) in [5.74, 6) is -0.183. The molecule has 0 amide bonds. The SMILES string of the molecule is Fc1ccc(CCN2CCNCC2)c(Br)c1. The molecule has 0 bridgehead atoms. The minimum atomic E-state index is -0.183. The summed E-state index contributed by atoms with van der Waals surface area (Å²) in [6.07, 6.45) is 0.973. The summed E-state index contributed by atoms with van der Waals surface area (Å²) in [4.78, 5) is 2.44. The van der Waals surface area contributed by atoms with Crippen LogP contribution >= 0.6 is 15.9 Å². The van der Waals surface area contributed by atoms with Crippen molar-refractivity contribution in [2.24, 2.45) is 0 Å². The predicted molar refractivity (Wildman–Crippen MR) is 67.1 cm³/mol. The Hall–Kier alpha value is -0.450. The van der Waals surface area contributed by atoms with E-state index in [1.54, 1.807) is 0 Å². The third-order valence-corrected chi connectivity index (χ3v) is 3.66. The lowest BCUT2D eigenvalue weighted by molar-refractivity contribution is 0.244. The molecular weight excluding hydrogens is 271 g/mol. The van der Waals surface area contributed by atoms with Crippen molar-refractivity contribution in [3.05, 3.63) is 34.1 Å². The van der Waals surface area contributed by atoms with Crippen LogP contribution in [0.15, 0.2) is 22.7 Å². The van der Waals surface area contributed by atoms with Crippen LogP contribution in [0.25, 0.3) is 0 Å². The van der Waals surface area contributed by atoms with E-state index in [2.05, 4.69) is 26.1 Å². The molecule has 1 aliphatic rings. The van der Waals surface area contributed by atoms with Crippen LogP contribution in [0.4, 0.5) is 4.39 Å². The van der Waals surface area contributed by atoms with Crippen molar-refractivity contribution in [2.75, 3.05) is 32.7 Å². The zero-order chi connectivity index (χ0) is 11.4. The number of nitrogens with one attached hydrogen (secondary N) is 1. The molecular formula is C12H16BrFN2. The first kappa shape index (κ1) is 12.0. The molecule has 4 heteroatoms. The van der Waals surface area contributed by atoms with Crippen molar-refractivity contribution in [2.45, 2.75) is 6.42 Å². The number of halogens is 2. The lowest BCUT2D eigenvalue weighted by Crippen LogP contribution is -2.44. The van der Waals surface area contributed by atoms with Gasteiger partial charge in [0.2, 0.25) is 0 Å². The van der Waals surface area contributed by atoms with Gasteiger partial charge in [-0.1, -0.05) is 22.0 Å². The van der Waals surface area contributed by atoms with Gasteiger partial charge in [-0.25, -0.2) is 4.39 Å². The normalized spacial score (nSPS) is 17.6. The van der Waals surface area contributed by atoms with Gasteiger partial charge in [0.05, 0.1) is 0 Å². The zero-order valence-corrected chi connectivity index (χ0v) is 10.8. The minimum Gasteiger partial charge on any atom is -0.314 e. The summed E-state index contributed by atoms with van der Waals surface area (Å²) < 4.78 is 13.8. The van der Waals surface area contributed by atoms with Gasteiger partial charge in [-0.15, -0.1) is 0 Å². The molecule has 0 atom stereocenters. The largest absolute Gasteiger partial charge is 0.314 e. The Morgan fingerprint density at radius 1 is 1.31 bits per heavy atom. The lowest BCUT2D eigenvalue weighted by atomic mass is 10.1. The third-order valence-electron chi connectivity index (χ3n) is 2.92. The second kappa shape index (κ2) is 5.75. The fraction of sp³-hybridized carbons (Fsp3) is 0.500. The number of nitrogens with zero attached hydrogens (tertiary/aromatic N) is 1. The number of piperazine rings is 1. The summed E-state index contributed by atoms with van der Waals surface area (Å²) in [7, 11) is 0. The Morgan fingerprint density at radius 3 is 2.75 bits per heavy atom. The molecule has 88 valence electrons. The van der Waals surface area contributed by atoms with E-state index in [-0.39, 0.29) is 5.82 Å². The summed E-state index contributed by atoms with van der Waals surface area (Å²) in [6, 6.07) is 4.92. The van der Waals surface area contributed by atoms with Gasteiger partial charge in [-0.3, -0.25) is 0 Å². The number of rotatable bonds is 3. The van der Waals surface area contributed by atoms with Crippen LogP contribution in [0.3, 0.4) is 0 Å². The van der Waals surface area contributed by atoms with Crippen LogP contribution in [0.2, 0.25) is 0 Å². The van der Waals surface area contributed by atoms with Gasteiger partial charge in [0, 0.05) is 37.2 Å². The van der Waals surface area contributed by atoms with Crippen molar-refractivity contribution >= 4 is 15.9 Å². The summed E-state index contributed by atoms with van der Waals surface area (Å²) in [5, 5.41) is 3.33. The Bertz CT molecular complexity index is 351. The average Bonchev–Trinajstić information content (AvgIpc) is 2.29. The van der Waals surface area contributed by atoms with E-state index in [1.807, 2.05) is 6.07 Å². The molecule has 1 saturated heterocycles. The molecule has 1 N–H and O–H groups in total. The van der Waals surface area contributed by atoms with E-state index in [9.17, 15) is 4.39 Å². The van der Waals surface area contributed by atoms with E-state index in [0.29, 0.717) is 0 Å². The second-order valence-electron chi connectivity index (χ2n) is 4.08. The molecule has 1 aliphatic heterocycles. The first-order valence-electron chi connectivity index (χ1n) is 5.63. The lowest BCUT2D eigenvalue weighted by Gasteiger charge is -2.27. The number of hydrogen-bond acceptors (Lipinski definition) is 2. The van der Waals surface area contributed by atoms with E-state index in [0.717, 1.165) is 43.6 Å². The van der Waals surface area contributed by atoms with Crippen LogP contribution in [-0.4, -0.2) is 37.6 Å². The Balaban J connectivity index is 1.88. The summed E-state index contributed by atoms with van der Waals surface area (Å²) in [5.41, 5.74) is 1.18. The average molecular weight is 287 g/mol. The number of hydrogen-bond donors (Lipinski definition) is 1. The van der Waals surface area contributed by atoms with Crippen molar-refractivity contribution in [1.82, 2.24) is 10.2 Å². The molecule has 0 aromatic heterocycles. The highest BCUT2D eigenvalue weighted by molar-refractivity contribution is 9.10. The van der Waals surface area contributed by atoms with E-state index in [4.69, 9.17) is 0 Å². The molecule has 0 saturated carbocycles. The standard InChI is InChI=1S/C12H16BrFN2/c13-12-9-11(14)2-1-10(12)3-6-16-7-4-15-5-8-16/h1-2,9,15H,3-8H2. The Kier molecular flexibility index (Phi) is 4.32. The first-order chi connectivity index (χ1) is 7.75. The molecule has 0 spiro atoms. The van der Waals surface area contributed by atoms with Crippen molar-refractivity contribution in [3.63, 3.8) is 0 Å². The zero-order valence-electron chi connectivity index (χ0n) is 9.18. The highest BCUT2D eigenvalue weighted by Gasteiger charge is 2.10. The molecule has 0 aliphatic carbocycles. The van der Waals surface area contributed by atoms with Gasteiger partial charge in [0.1, 0.15) is 5.82 Å². The van der Waals surface area contributed by atoms with Crippen LogP contribution in [0.5, 0.6) is 0 Å². The molecule has 0 unspecified atom stereocenters. The van der Waals surface area contributed by atoms with E-state index in [1.165, 1.54) is 17.7 Å². The van der Waals surface area contributed by atoms with E-state index >= 15 is 0 Å². The molecule has 1 aromatic carbocycles. The van der Waals surface area contributed by atoms with Crippen LogP contribution in [0, 0.1) is 5.82 Å². The maximum absolute atomic E-state index is 12.9. The van der Waals surface area contributed by atoms with Crippen LogP contribution in [-0.2, 0) is 6.42 Å². The van der Waals surface area contributed by atoms with Gasteiger partial charge < -0.3 is 10.2 Å². The number of benzene rings is 1. The van der Waals surface area contributed by atoms with Gasteiger partial charge in [-0.05, 0) is 24.1 Å². The molecule has 1 heterocycles. The highest BCUT2D eigenvalue weighted by Crippen LogP contribution is 2.18. The minimum absolute atomic E-state index is 0.183. The maximum Gasteiger partial charge on any atom is 0.124 e. The monoisotopic (exact) mass is 286 g/mol. The quantitative estimate of drug-likeness (QED) is 0.915. The molecule has 2 rings (SSSR count). The van der Waals surface area contributed by atoms with Crippen molar-refractivity contribution < 1.29 is 4.39 Å².